The number of anilines is 1. The number of piperazine rings is 1. The SMILES string of the molecule is CN=C(NCc1nc(C(F)(F)F)cs1)N1CCN(c2cccc(OC)c2)CC1. The standard InChI is InChI=1S/C18H22F3N5OS/c1-22-17(23-11-16-24-15(12-28-16)18(19,20)21)26-8-6-25(7-9-26)13-4-3-5-14(10-13)27-2/h3-5,10,12H,6-9,11H2,1-2H3,(H,22,23). The van der Waals surface area contributed by atoms with Crippen LogP contribution in [0.2, 0.25) is 0 Å². The number of halogens is 3. The minimum atomic E-state index is -4.41. The van der Waals surface area contributed by atoms with Gasteiger partial charge in [0.2, 0.25) is 0 Å². The van der Waals surface area contributed by atoms with Crippen molar-refractivity contribution in [3.05, 3.63) is 40.3 Å². The summed E-state index contributed by atoms with van der Waals surface area (Å²) in [5, 5.41) is 4.52. The number of ether oxygens (including phenoxy) is 1. The molecule has 2 heterocycles. The van der Waals surface area contributed by atoms with Gasteiger partial charge in [-0.3, -0.25) is 4.99 Å². The van der Waals surface area contributed by atoms with Gasteiger partial charge in [-0.05, 0) is 12.1 Å². The first-order valence-electron chi connectivity index (χ1n) is 8.77. The van der Waals surface area contributed by atoms with Crippen LogP contribution in [-0.2, 0) is 12.7 Å². The fourth-order valence-corrected chi connectivity index (χ4v) is 3.73. The van der Waals surface area contributed by atoms with Gasteiger partial charge >= 0.3 is 6.18 Å². The van der Waals surface area contributed by atoms with Crippen LogP contribution in [0, 0.1) is 0 Å². The molecule has 0 radical (unpaired) electrons. The predicted octanol–water partition coefficient (Wildman–Crippen LogP) is 3.07. The molecule has 0 unspecified atom stereocenters. The third-order valence-electron chi connectivity index (χ3n) is 4.45. The molecule has 1 aliphatic heterocycles. The molecule has 10 heteroatoms. The number of hydrogen-bond donors (Lipinski definition) is 1. The Balaban J connectivity index is 1.54. The Hall–Kier alpha value is -2.49. The fraction of sp³-hybridized carbons (Fsp3) is 0.444. The van der Waals surface area contributed by atoms with Crippen molar-refractivity contribution < 1.29 is 17.9 Å². The van der Waals surface area contributed by atoms with Crippen LogP contribution in [0.25, 0.3) is 0 Å². The average Bonchev–Trinajstić information content (AvgIpc) is 3.18. The zero-order valence-corrected chi connectivity index (χ0v) is 16.5. The largest absolute Gasteiger partial charge is 0.497 e. The lowest BCUT2D eigenvalue weighted by Crippen LogP contribution is -2.52. The lowest BCUT2D eigenvalue weighted by atomic mass is 10.2. The summed E-state index contributed by atoms with van der Waals surface area (Å²) in [4.78, 5) is 12.3. The van der Waals surface area contributed by atoms with Crippen molar-refractivity contribution in [2.45, 2.75) is 12.7 Å². The molecule has 1 N–H and O–H groups in total. The van der Waals surface area contributed by atoms with Crippen molar-refractivity contribution in [2.75, 3.05) is 45.2 Å². The Morgan fingerprint density at radius 2 is 2.04 bits per heavy atom. The minimum absolute atomic E-state index is 0.212. The molecule has 1 aromatic carbocycles. The first kappa shape index (κ1) is 20.2. The minimum Gasteiger partial charge on any atom is -0.497 e. The maximum atomic E-state index is 12.7. The number of guanidine groups is 1. The quantitative estimate of drug-likeness (QED) is 0.617. The summed E-state index contributed by atoms with van der Waals surface area (Å²) in [6.07, 6.45) is -4.41. The molecule has 2 aromatic rings. The Kier molecular flexibility index (Phi) is 6.28. The van der Waals surface area contributed by atoms with Crippen LogP contribution >= 0.6 is 11.3 Å². The van der Waals surface area contributed by atoms with Crippen LogP contribution in [-0.4, -0.2) is 56.2 Å². The van der Waals surface area contributed by atoms with E-state index in [2.05, 4.69) is 25.1 Å². The maximum Gasteiger partial charge on any atom is 0.434 e. The molecule has 1 aromatic heterocycles. The summed E-state index contributed by atoms with van der Waals surface area (Å²) in [5.74, 6) is 1.48. The van der Waals surface area contributed by atoms with E-state index in [4.69, 9.17) is 4.74 Å². The molecule has 1 saturated heterocycles. The van der Waals surface area contributed by atoms with Gasteiger partial charge in [0.25, 0.3) is 0 Å². The topological polar surface area (TPSA) is 53.0 Å². The number of aromatic nitrogens is 1. The van der Waals surface area contributed by atoms with E-state index in [0.29, 0.717) is 11.0 Å². The first-order chi connectivity index (χ1) is 13.4. The molecule has 6 nitrogen and oxygen atoms in total. The molecule has 0 atom stereocenters. The molecule has 0 bridgehead atoms. The number of thiazole rings is 1. The Labute approximate surface area is 165 Å². The Morgan fingerprint density at radius 3 is 2.64 bits per heavy atom. The molecule has 0 saturated carbocycles. The van der Waals surface area contributed by atoms with Crippen molar-refractivity contribution in [3.63, 3.8) is 0 Å². The highest BCUT2D eigenvalue weighted by Gasteiger charge is 2.33. The van der Waals surface area contributed by atoms with E-state index in [0.717, 1.165) is 54.3 Å². The summed E-state index contributed by atoms with van der Waals surface area (Å²) >= 11 is 0.989. The van der Waals surface area contributed by atoms with Crippen LogP contribution in [0.5, 0.6) is 5.75 Å². The van der Waals surface area contributed by atoms with E-state index in [1.807, 2.05) is 24.3 Å². The van der Waals surface area contributed by atoms with Crippen LogP contribution in [0.4, 0.5) is 18.9 Å². The second kappa shape index (κ2) is 8.68. The Bertz CT molecular complexity index is 816. The van der Waals surface area contributed by atoms with E-state index in [9.17, 15) is 13.2 Å². The summed E-state index contributed by atoms with van der Waals surface area (Å²) in [6, 6.07) is 7.92. The van der Waals surface area contributed by atoms with Gasteiger partial charge in [0.15, 0.2) is 11.7 Å². The van der Waals surface area contributed by atoms with Gasteiger partial charge in [-0.15, -0.1) is 11.3 Å². The average molecular weight is 413 g/mol. The summed E-state index contributed by atoms with van der Waals surface area (Å²) in [7, 11) is 3.31. The molecule has 0 spiro atoms. The van der Waals surface area contributed by atoms with Gasteiger partial charge < -0.3 is 19.9 Å². The van der Waals surface area contributed by atoms with E-state index >= 15 is 0 Å². The molecule has 3 rings (SSSR count). The highest BCUT2D eigenvalue weighted by atomic mass is 32.1. The predicted molar refractivity (Wildman–Crippen MR) is 104 cm³/mol. The number of rotatable bonds is 4. The van der Waals surface area contributed by atoms with Gasteiger partial charge in [-0.2, -0.15) is 13.2 Å². The molecule has 0 amide bonds. The Morgan fingerprint density at radius 1 is 1.29 bits per heavy atom. The van der Waals surface area contributed by atoms with Crippen LogP contribution in [0.3, 0.4) is 0 Å². The van der Waals surface area contributed by atoms with E-state index in [1.165, 1.54) is 0 Å². The van der Waals surface area contributed by atoms with Crippen LogP contribution in [0.15, 0.2) is 34.6 Å². The maximum absolute atomic E-state index is 12.7. The number of nitrogens with one attached hydrogen (secondary N) is 1. The second-order valence-electron chi connectivity index (χ2n) is 6.20. The van der Waals surface area contributed by atoms with Crippen molar-refractivity contribution in [1.29, 1.82) is 0 Å². The number of methoxy groups -OCH3 is 1. The number of nitrogens with zero attached hydrogens (tertiary/aromatic N) is 4. The number of aliphatic imine (C=N–C) groups is 1. The molecular weight excluding hydrogens is 391 g/mol. The number of hydrogen-bond acceptors (Lipinski definition) is 5. The third-order valence-corrected chi connectivity index (χ3v) is 5.30. The zero-order chi connectivity index (χ0) is 20.1. The lowest BCUT2D eigenvalue weighted by molar-refractivity contribution is -0.140. The number of benzene rings is 1. The van der Waals surface area contributed by atoms with Crippen LogP contribution < -0.4 is 15.0 Å². The van der Waals surface area contributed by atoms with Gasteiger partial charge in [0.05, 0.1) is 13.7 Å². The highest BCUT2D eigenvalue weighted by Crippen LogP contribution is 2.30. The lowest BCUT2D eigenvalue weighted by Gasteiger charge is -2.37. The van der Waals surface area contributed by atoms with Gasteiger partial charge in [0.1, 0.15) is 10.8 Å². The van der Waals surface area contributed by atoms with Crippen molar-refractivity contribution in [1.82, 2.24) is 15.2 Å². The van der Waals surface area contributed by atoms with Crippen molar-refractivity contribution >= 4 is 23.0 Å². The third kappa shape index (κ3) is 4.86. The molecule has 1 fully saturated rings. The normalized spacial score (nSPS) is 15.7. The van der Waals surface area contributed by atoms with Crippen molar-refractivity contribution in [2.24, 2.45) is 4.99 Å². The smallest absolute Gasteiger partial charge is 0.434 e. The first-order valence-corrected chi connectivity index (χ1v) is 9.65. The second-order valence-corrected chi connectivity index (χ2v) is 7.14. The summed E-state index contributed by atoms with van der Waals surface area (Å²) < 4.78 is 43.3. The van der Waals surface area contributed by atoms with Gasteiger partial charge in [-0.25, -0.2) is 4.98 Å². The van der Waals surface area contributed by atoms with Crippen molar-refractivity contribution in [3.8, 4) is 5.75 Å². The molecule has 152 valence electrons. The zero-order valence-electron chi connectivity index (χ0n) is 15.7. The molecular formula is C18H22F3N5OS. The van der Waals surface area contributed by atoms with Crippen LogP contribution in [0.1, 0.15) is 10.7 Å². The van der Waals surface area contributed by atoms with Gasteiger partial charge in [0, 0.05) is 50.4 Å². The number of alkyl halides is 3. The van der Waals surface area contributed by atoms with E-state index < -0.39 is 11.9 Å². The van der Waals surface area contributed by atoms with E-state index in [-0.39, 0.29) is 6.54 Å². The summed E-state index contributed by atoms with van der Waals surface area (Å²) in [5.41, 5.74) is 0.251. The summed E-state index contributed by atoms with van der Waals surface area (Å²) in [6.45, 7) is 3.33. The molecule has 1 aliphatic rings. The fourth-order valence-electron chi connectivity index (χ4n) is 2.99. The highest BCUT2D eigenvalue weighted by molar-refractivity contribution is 7.09. The molecule has 28 heavy (non-hydrogen) atoms. The van der Waals surface area contributed by atoms with Gasteiger partial charge in [-0.1, -0.05) is 6.07 Å². The monoisotopic (exact) mass is 413 g/mol. The van der Waals surface area contributed by atoms with E-state index in [1.54, 1.807) is 14.2 Å². The molecule has 0 aliphatic carbocycles.